The van der Waals surface area contributed by atoms with Gasteiger partial charge in [0.25, 0.3) is 0 Å². The number of ether oxygens (including phenoxy) is 1. The zero-order valence-corrected chi connectivity index (χ0v) is 8.95. The standard InChI is InChI=1S/C9H18O2S/c1-4-8(2)6-12-7-9(10)5-11-3/h8H,4-7H2,1-3H3. The van der Waals surface area contributed by atoms with Crippen LogP contribution in [0.1, 0.15) is 20.3 Å². The lowest BCUT2D eigenvalue weighted by atomic mass is 10.2. The summed E-state index contributed by atoms with van der Waals surface area (Å²) in [6, 6.07) is 0. The number of thioether (sulfide) groups is 1. The van der Waals surface area contributed by atoms with E-state index in [1.165, 1.54) is 6.42 Å². The quantitative estimate of drug-likeness (QED) is 0.614. The fourth-order valence-electron chi connectivity index (χ4n) is 0.694. The fraction of sp³-hybridized carbons (Fsp3) is 0.889. The molecule has 2 nitrogen and oxygen atoms in total. The number of hydrogen-bond donors (Lipinski definition) is 0. The first kappa shape index (κ1) is 12.0. The Bertz CT molecular complexity index is 126. The van der Waals surface area contributed by atoms with E-state index in [1.807, 2.05) is 0 Å². The van der Waals surface area contributed by atoms with Crippen LogP contribution in [0.5, 0.6) is 0 Å². The highest BCUT2D eigenvalue weighted by molar-refractivity contribution is 7.99. The van der Waals surface area contributed by atoms with Crippen LogP contribution >= 0.6 is 11.8 Å². The minimum Gasteiger partial charge on any atom is -0.377 e. The summed E-state index contributed by atoms with van der Waals surface area (Å²) in [6.07, 6.45) is 1.19. The molecule has 12 heavy (non-hydrogen) atoms. The summed E-state index contributed by atoms with van der Waals surface area (Å²) >= 11 is 1.70. The van der Waals surface area contributed by atoms with Crippen molar-refractivity contribution in [2.45, 2.75) is 20.3 Å². The van der Waals surface area contributed by atoms with Crippen molar-refractivity contribution < 1.29 is 9.53 Å². The monoisotopic (exact) mass is 190 g/mol. The van der Waals surface area contributed by atoms with Gasteiger partial charge in [0.05, 0.1) is 5.75 Å². The third kappa shape index (κ3) is 6.68. The molecule has 72 valence electrons. The molecule has 0 aromatic heterocycles. The van der Waals surface area contributed by atoms with E-state index in [2.05, 4.69) is 13.8 Å². The average Bonchev–Trinajstić information content (AvgIpc) is 2.04. The maximum absolute atomic E-state index is 11.0. The molecular formula is C9H18O2S. The van der Waals surface area contributed by atoms with Crippen LogP contribution in [-0.4, -0.2) is 31.0 Å². The zero-order valence-electron chi connectivity index (χ0n) is 8.13. The molecule has 0 fully saturated rings. The van der Waals surface area contributed by atoms with Crippen LogP contribution in [0.15, 0.2) is 0 Å². The van der Waals surface area contributed by atoms with Gasteiger partial charge in [-0.3, -0.25) is 4.79 Å². The summed E-state index contributed by atoms with van der Waals surface area (Å²) < 4.78 is 4.72. The van der Waals surface area contributed by atoms with Gasteiger partial charge >= 0.3 is 0 Å². The highest BCUT2D eigenvalue weighted by Crippen LogP contribution is 2.10. The molecule has 0 amide bonds. The Balaban J connectivity index is 3.24. The minimum atomic E-state index is 0.186. The number of carbonyl (C=O) groups excluding carboxylic acids is 1. The van der Waals surface area contributed by atoms with E-state index < -0.39 is 0 Å². The van der Waals surface area contributed by atoms with E-state index >= 15 is 0 Å². The average molecular weight is 190 g/mol. The number of hydrogen-bond acceptors (Lipinski definition) is 3. The molecule has 0 radical (unpaired) electrons. The second kappa shape index (κ2) is 7.62. The van der Waals surface area contributed by atoms with Crippen LogP contribution in [0.25, 0.3) is 0 Å². The van der Waals surface area contributed by atoms with Gasteiger partial charge in [0.15, 0.2) is 5.78 Å². The van der Waals surface area contributed by atoms with Crippen LogP contribution in [-0.2, 0) is 9.53 Å². The van der Waals surface area contributed by atoms with Crippen molar-refractivity contribution in [2.24, 2.45) is 5.92 Å². The number of methoxy groups -OCH3 is 1. The molecule has 0 aliphatic rings. The van der Waals surface area contributed by atoms with Gasteiger partial charge in [-0.15, -0.1) is 0 Å². The number of ketones is 1. The molecule has 1 unspecified atom stereocenters. The molecule has 0 saturated heterocycles. The van der Waals surface area contributed by atoms with Gasteiger partial charge in [-0.1, -0.05) is 20.3 Å². The van der Waals surface area contributed by atoms with Gasteiger partial charge in [-0.05, 0) is 11.7 Å². The molecule has 0 bridgehead atoms. The lowest BCUT2D eigenvalue weighted by molar-refractivity contribution is -0.120. The molecule has 0 heterocycles. The fourth-order valence-corrected chi connectivity index (χ4v) is 1.76. The SMILES string of the molecule is CCC(C)CSCC(=O)COC. The topological polar surface area (TPSA) is 26.3 Å². The molecule has 3 heteroatoms. The summed E-state index contributed by atoms with van der Waals surface area (Å²) in [5, 5.41) is 0. The van der Waals surface area contributed by atoms with Crippen LogP contribution in [0, 0.1) is 5.92 Å². The second-order valence-corrected chi connectivity index (χ2v) is 4.03. The van der Waals surface area contributed by atoms with Crippen molar-refractivity contribution in [1.29, 1.82) is 0 Å². The molecule has 0 saturated carbocycles. The Hall–Kier alpha value is -0.0200. The first-order chi connectivity index (χ1) is 5.70. The van der Waals surface area contributed by atoms with Crippen LogP contribution < -0.4 is 0 Å². The van der Waals surface area contributed by atoms with E-state index in [-0.39, 0.29) is 12.4 Å². The second-order valence-electron chi connectivity index (χ2n) is 3.00. The van der Waals surface area contributed by atoms with Crippen molar-refractivity contribution in [2.75, 3.05) is 25.2 Å². The third-order valence-corrected chi connectivity index (χ3v) is 3.00. The summed E-state index contributed by atoms with van der Waals surface area (Å²) in [5.74, 6) is 2.57. The molecule has 0 aromatic rings. The van der Waals surface area contributed by atoms with Gasteiger partial charge < -0.3 is 4.74 Å². The molecule has 0 rings (SSSR count). The van der Waals surface area contributed by atoms with Gasteiger partial charge in [0, 0.05) is 7.11 Å². The first-order valence-electron chi connectivity index (χ1n) is 4.29. The van der Waals surface area contributed by atoms with Crippen LogP contribution in [0.3, 0.4) is 0 Å². The zero-order chi connectivity index (χ0) is 9.40. The van der Waals surface area contributed by atoms with E-state index in [0.29, 0.717) is 11.7 Å². The molecule has 0 aliphatic heterocycles. The van der Waals surface area contributed by atoms with Gasteiger partial charge in [-0.25, -0.2) is 0 Å². The van der Waals surface area contributed by atoms with Gasteiger partial charge in [0.2, 0.25) is 0 Å². The van der Waals surface area contributed by atoms with Gasteiger partial charge in [-0.2, -0.15) is 11.8 Å². The maximum Gasteiger partial charge on any atom is 0.168 e. The summed E-state index contributed by atoms with van der Waals surface area (Å²) in [4.78, 5) is 11.0. The highest BCUT2D eigenvalue weighted by Gasteiger charge is 2.03. The Kier molecular flexibility index (Phi) is 7.61. The Morgan fingerprint density at radius 1 is 1.58 bits per heavy atom. The molecule has 0 aliphatic carbocycles. The van der Waals surface area contributed by atoms with E-state index in [1.54, 1.807) is 18.9 Å². The Morgan fingerprint density at radius 3 is 2.75 bits per heavy atom. The molecule has 0 N–H and O–H groups in total. The third-order valence-electron chi connectivity index (χ3n) is 1.67. The minimum absolute atomic E-state index is 0.186. The Labute approximate surface area is 79.1 Å². The van der Waals surface area contributed by atoms with E-state index in [4.69, 9.17) is 4.74 Å². The maximum atomic E-state index is 11.0. The summed E-state index contributed by atoms with van der Waals surface area (Å²) in [6.45, 7) is 4.63. The van der Waals surface area contributed by atoms with Crippen molar-refractivity contribution in [3.63, 3.8) is 0 Å². The molecule has 0 aromatic carbocycles. The molecular weight excluding hydrogens is 172 g/mol. The summed E-state index contributed by atoms with van der Waals surface area (Å²) in [5.41, 5.74) is 0. The first-order valence-corrected chi connectivity index (χ1v) is 5.44. The predicted octanol–water partition coefficient (Wildman–Crippen LogP) is 1.98. The number of Topliss-reactive ketones (excluding diaryl/α,β-unsaturated/α-hetero) is 1. The summed E-state index contributed by atoms with van der Waals surface area (Å²) in [7, 11) is 1.55. The lowest BCUT2D eigenvalue weighted by Crippen LogP contribution is -2.10. The normalized spacial score (nSPS) is 12.9. The number of rotatable bonds is 7. The van der Waals surface area contributed by atoms with Crippen molar-refractivity contribution in [3.8, 4) is 0 Å². The number of carbonyl (C=O) groups is 1. The van der Waals surface area contributed by atoms with E-state index in [9.17, 15) is 4.79 Å². The molecule has 1 atom stereocenters. The van der Waals surface area contributed by atoms with E-state index in [0.717, 1.165) is 5.75 Å². The van der Waals surface area contributed by atoms with Crippen molar-refractivity contribution in [1.82, 2.24) is 0 Å². The van der Waals surface area contributed by atoms with Crippen molar-refractivity contribution >= 4 is 17.5 Å². The Morgan fingerprint density at radius 2 is 2.25 bits per heavy atom. The lowest BCUT2D eigenvalue weighted by Gasteiger charge is -2.06. The van der Waals surface area contributed by atoms with Gasteiger partial charge in [0.1, 0.15) is 6.61 Å². The highest BCUT2D eigenvalue weighted by atomic mass is 32.2. The predicted molar refractivity (Wildman–Crippen MR) is 53.7 cm³/mol. The van der Waals surface area contributed by atoms with Crippen LogP contribution in [0.2, 0.25) is 0 Å². The molecule has 0 spiro atoms. The smallest absolute Gasteiger partial charge is 0.168 e. The van der Waals surface area contributed by atoms with Crippen LogP contribution in [0.4, 0.5) is 0 Å². The largest absolute Gasteiger partial charge is 0.377 e. The van der Waals surface area contributed by atoms with Crippen molar-refractivity contribution in [3.05, 3.63) is 0 Å².